The Labute approximate surface area is 302 Å². The molecule has 4 aliphatic rings. The summed E-state index contributed by atoms with van der Waals surface area (Å²) in [6, 6.07) is 16.2. The van der Waals surface area contributed by atoms with Crippen molar-refractivity contribution in [2.75, 3.05) is 0 Å². The van der Waals surface area contributed by atoms with Crippen LogP contribution in [0.1, 0.15) is 85.8 Å². The molecule has 4 aromatic carbocycles. The fourth-order valence-electron chi connectivity index (χ4n) is 9.97. The van der Waals surface area contributed by atoms with E-state index in [0.29, 0.717) is 21.5 Å². The first-order valence-corrected chi connectivity index (χ1v) is 20.4. The minimum absolute atomic E-state index is 0.0146. The van der Waals surface area contributed by atoms with Gasteiger partial charge in [-0.15, -0.1) is 34.0 Å². The Morgan fingerprint density at radius 1 is 0.529 bits per heavy atom. The van der Waals surface area contributed by atoms with Gasteiger partial charge in [0.2, 0.25) is 21.7 Å². The molecule has 0 bridgehead atoms. The van der Waals surface area contributed by atoms with Crippen molar-refractivity contribution in [3.05, 3.63) is 133 Å². The van der Waals surface area contributed by atoms with Crippen LogP contribution in [0, 0.1) is 0 Å². The van der Waals surface area contributed by atoms with Gasteiger partial charge in [0.25, 0.3) is 0 Å². The van der Waals surface area contributed by atoms with Gasteiger partial charge < -0.3 is 0 Å². The van der Waals surface area contributed by atoms with Gasteiger partial charge in [-0.3, -0.25) is 19.2 Å². The van der Waals surface area contributed by atoms with Gasteiger partial charge in [-0.2, -0.15) is 0 Å². The van der Waals surface area contributed by atoms with E-state index in [2.05, 4.69) is 12.1 Å². The van der Waals surface area contributed by atoms with Crippen molar-refractivity contribution in [3.8, 4) is 9.75 Å². The van der Waals surface area contributed by atoms with Crippen LogP contribution in [0.4, 0.5) is 5.00 Å². The molecule has 3 aromatic heterocycles. The highest BCUT2D eigenvalue weighted by Gasteiger charge is 2.51. The lowest BCUT2D eigenvalue weighted by Gasteiger charge is -2.35. The summed E-state index contributed by atoms with van der Waals surface area (Å²) in [6.45, 7) is 0. The van der Waals surface area contributed by atoms with E-state index >= 15 is 0 Å². The molecule has 0 saturated heterocycles. The molecule has 250 valence electrons. The molecule has 2 spiro atoms. The summed E-state index contributed by atoms with van der Waals surface area (Å²) in [5.74, 6) is 0. The maximum Gasteiger partial charge on any atom is 0.216 e. The molecule has 2 fully saturated rings. The minimum Gasteiger partial charge on any atom is -0.287 e. The van der Waals surface area contributed by atoms with Crippen LogP contribution in [-0.4, -0.2) is 0 Å². The molecule has 2 saturated carbocycles. The standard InChI is InChI=1S/C42H30N2O4S3/c45-33-21-11-3-4-12-22(21)34(46)31(33)43-27-20-26-29(42(27)17-9-2-10-18-42)38-40(49-26)30-39(51-38)37-25(41(30)15-7-1-8-16-41)19-28(50-37)44-32-35(47)23-13-5-6-14-24(23)36(32)48/h3-6,11-14,19-20H,1-2,7-10,15-18H2. The van der Waals surface area contributed by atoms with Crippen molar-refractivity contribution in [3.63, 3.8) is 0 Å². The topological polar surface area (TPSA) is 93.0 Å². The third-order valence-electron chi connectivity index (χ3n) is 12.3. The van der Waals surface area contributed by atoms with Crippen LogP contribution < -0.4 is 32.4 Å². The lowest BCUT2D eigenvalue weighted by atomic mass is 9.68. The van der Waals surface area contributed by atoms with Crippen LogP contribution >= 0.6 is 34.0 Å². The number of allylic oxidation sites excluding steroid dienone is 1. The number of hydrogen-bond acceptors (Lipinski definition) is 9. The van der Waals surface area contributed by atoms with E-state index in [1.54, 1.807) is 59.9 Å². The number of hydrogen-bond donors (Lipinski definition) is 0. The number of benzene rings is 2. The van der Waals surface area contributed by atoms with Crippen LogP contribution in [0.15, 0.2) is 89.5 Å². The molecule has 7 aromatic rings. The van der Waals surface area contributed by atoms with Crippen molar-refractivity contribution >= 4 is 76.0 Å². The molecule has 6 nitrogen and oxygen atoms in total. The van der Waals surface area contributed by atoms with Crippen molar-refractivity contribution in [1.29, 1.82) is 0 Å². The first-order chi connectivity index (χ1) is 24.9. The van der Waals surface area contributed by atoms with Gasteiger partial charge in [-0.1, -0.05) is 87.1 Å². The van der Waals surface area contributed by atoms with Crippen molar-refractivity contribution in [1.82, 2.24) is 0 Å². The first kappa shape index (κ1) is 30.2. The highest BCUT2D eigenvalue weighted by molar-refractivity contribution is 7.32. The van der Waals surface area contributed by atoms with Crippen molar-refractivity contribution in [2.45, 2.75) is 75.0 Å². The summed E-state index contributed by atoms with van der Waals surface area (Å²) < 4.78 is 2.71. The predicted molar refractivity (Wildman–Crippen MR) is 208 cm³/mol. The molecule has 0 aliphatic heterocycles. The molecule has 51 heavy (non-hydrogen) atoms. The second-order valence-corrected chi connectivity index (χ2v) is 17.9. The van der Waals surface area contributed by atoms with E-state index in [-0.39, 0.29) is 43.3 Å². The minimum atomic E-state index is -0.319. The van der Waals surface area contributed by atoms with E-state index < -0.39 is 0 Å². The van der Waals surface area contributed by atoms with Gasteiger partial charge in [-0.05, 0) is 43.4 Å². The Balaban J connectivity index is 1.12. The van der Waals surface area contributed by atoms with E-state index in [4.69, 9.17) is 9.98 Å². The van der Waals surface area contributed by atoms with E-state index in [0.717, 1.165) is 62.1 Å². The zero-order chi connectivity index (χ0) is 34.2. The van der Waals surface area contributed by atoms with Crippen LogP contribution in [0.5, 0.6) is 0 Å². The number of fused-ring (bicyclic) bond motifs is 12. The van der Waals surface area contributed by atoms with Crippen LogP contribution in [0.25, 0.3) is 46.8 Å². The zero-order valence-corrected chi connectivity index (χ0v) is 30.0. The lowest BCUT2D eigenvalue weighted by Crippen LogP contribution is -2.35. The fraction of sp³-hybridized carbons (Fsp3) is 0.286. The van der Waals surface area contributed by atoms with Gasteiger partial charge in [0.05, 0.1) is 24.9 Å². The van der Waals surface area contributed by atoms with Gasteiger partial charge in [-0.25, -0.2) is 9.98 Å². The smallest absolute Gasteiger partial charge is 0.216 e. The van der Waals surface area contributed by atoms with Crippen LogP contribution in [0.3, 0.4) is 0 Å². The van der Waals surface area contributed by atoms with Crippen LogP contribution in [0.2, 0.25) is 0 Å². The predicted octanol–water partition coefficient (Wildman–Crippen LogP) is 8.14. The van der Waals surface area contributed by atoms with E-state index in [9.17, 15) is 19.2 Å². The van der Waals surface area contributed by atoms with E-state index in [1.165, 1.54) is 53.6 Å². The number of rotatable bonds is 2. The highest BCUT2D eigenvalue weighted by Crippen LogP contribution is 2.67. The average molecular weight is 723 g/mol. The highest BCUT2D eigenvalue weighted by atomic mass is 32.1. The zero-order valence-electron chi connectivity index (χ0n) is 27.6. The van der Waals surface area contributed by atoms with Crippen LogP contribution in [-0.2, 0) is 10.8 Å². The summed E-state index contributed by atoms with van der Waals surface area (Å²) in [6.07, 6.45) is 13.1. The molecular weight excluding hydrogens is 693 g/mol. The Morgan fingerprint density at radius 3 is 1.61 bits per heavy atom. The fourth-order valence-corrected chi connectivity index (χ4v) is 14.5. The van der Waals surface area contributed by atoms with Gasteiger partial charge >= 0.3 is 0 Å². The third-order valence-corrected chi connectivity index (χ3v) is 16.0. The molecular formula is C42H30N2O4S3. The third kappa shape index (κ3) is 3.86. The maximum atomic E-state index is 13.5. The van der Waals surface area contributed by atoms with Crippen molar-refractivity contribution < 1.29 is 0 Å². The molecule has 0 radical (unpaired) electrons. The Hall–Kier alpha value is -4.44. The molecule has 9 heteroatoms. The summed E-state index contributed by atoms with van der Waals surface area (Å²) >= 11 is 5.36. The second kappa shape index (κ2) is 10.6. The van der Waals surface area contributed by atoms with Crippen molar-refractivity contribution in [2.24, 2.45) is 9.98 Å². The summed E-state index contributed by atoms with van der Waals surface area (Å²) in [5, 5.41) is 2.55. The Bertz CT molecular complexity index is 2930. The van der Waals surface area contributed by atoms with Gasteiger partial charge in [0.15, 0.2) is 10.7 Å². The quantitative estimate of drug-likeness (QED) is 0.180. The molecule has 0 N–H and O–H groups in total. The summed E-state index contributed by atoms with van der Waals surface area (Å²) in [7, 11) is 0. The molecule has 0 atom stereocenters. The Kier molecular flexibility index (Phi) is 6.25. The second-order valence-electron chi connectivity index (χ2n) is 14.8. The largest absolute Gasteiger partial charge is 0.287 e. The average Bonchev–Trinajstić information content (AvgIpc) is 4.00. The SMILES string of the molecule is O=c1c(=NC2=Cc3sc4c5c(sc4c3C23CCCCC3)-c2sc(N=c3c(=O)c4ccccc4c3=O)cc2C52CCCCC2)c(=O)c2ccccc12. The van der Waals surface area contributed by atoms with E-state index in [1.807, 2.05) is 22.7 Å². The molecule has 11 rings (SSSR count). The molecule has 0 amide bonds. The van der Waals surface area contributed by atoms with Gasteiger partial charge in [0.1, 0.15) is 5.00 Å². The summed E-state index contributed by atoms with van der Waals surface area (Å²) in [4.78, 5) is 67.0. The normalized spacial score (nSPS) is 18.5. The Morgan fingerprint density at radius 2 is 1.04 bits per heavy atom. The molecule has 3 heterocycles. The number of nitrogens with zero attached hydrogens (tertiary/aromatic N) is 2. The monoisotopic (exact) mass is 722 g/mol. The summed E-state index contributed by atoms with van der Waals surface area (Å²) in [5.41, 5.74) is 3.44. The first-order valence-electron chi connectivity index (χ1n) is 17.9. The maximum absolute atomic E-state index is 13.5. The number of thiophene rings is 3. The lowest BCUT2D eigenvalue weighted by molar-refractivity contribution is 0.345. The molecule has 0 unspecified atom stereocenters. The van der Waals surface area contributed by atoms with Gasteiger partial charge in [0, 0.05) is 48.4 Å². The molecule has 4 aliphatic carbocycles.